The van der Waals surface area contributed by atoms with E-state index in [1.54, 1.807) is 24.3 Å². The van der Waals surface area contributed by atoms with Gasteiger partial charge in [-0.1, -0.05) is 35.3 Å². The fourth-order valence-electron chi connectivity index (χ4n) is 2.57. The first-order valence-electron chi connectivity index (χ1n) is 7.86. The van der Waals surface area contributed by atoms with Crippen LogP contribution in [0.15, 0.2) is 46.3 Å². The Hall–Kier alpha value is -2.32. The summed E-state index contributed by atoms with van der Waals surface area (Å²) in [5, 5.41) is 13.1. The molecule has 136 valence electrons. The van der Waals surface area contributed by atoms with E-state index in [0.29, 0.717) is 37.1 Å². The number of thioether (sulfide) groups is 1. The summed E-state index contributed by atoms with van der Waals surface area (Å²) in [5.41, 5.74) is 2.77. The number of para-hydroxylation sites is 1. The number of amides is 1. The molecule has 27 heavy (non-hydrogen) atoms. The van der Waals surface area contributed by atoms with Gasteiger partial charge in [-0.05, 0) is 47.7 Å². The second-order valence-electron chi connectivity index (χ2n) is 5.67. The molecule has 2 aromatic carbocycles. The molecular formula is C18H12Cl2N4O2S. The van der Waals surface area contributed by atoms with Gasteiger partial charge in [0.1, 0.15) is 18.1 Å². The van der Waals surface area contributed by atoms with Crippen LogP contribution < -0.4 is 5.32 Å². The molecule has 3 aromatic rings. The highest BCUT2D eigenvalue weighted by atomic mass is 35.5. The number of aliphatic hydroxyl groups is 1. The van der Waals surface area contributed by atoms with Crippen molar-refractivity contribution >= 4 is 68.8 Å². The van der Waals surface area contributed by atoms with Crippen molar-refractivity contribution in [2.45, 2.75) is 6.61 Å². The van der Waals surface area contributed by atoms with Gasteiger partial charge >= 0.3 is 0 Å². The lowest BCUT2D eigenvalue weighted by atomic mass is 10.2. The van der Waals surface area contributed by atoms with E-state index in [1.807, 2.05) is 18.2 Å². The zero-order valence-electron chi connectivity index (χ0n) is 13.7. The van der Waals surface area contributed by atoms with E-state index >= 15 is 0 Å². The van der Waals surface area contributed by atoms with Crippen LogP contribution in [-0.4, -0.2) is 26.1 Å². The van der Waals surface area contributed by atoms with E-state index < -0.39 is 0 Å². The average Bonchev–Trinajstić information content (AvgIpc) is 3.21. The Balaban J connectivity index is 1.63. The number of imidazole rings is 1. The molecule has 1 aliphatic rings. The Bertz CT molecular complexity index is 1100. The van der Waals surface area contributed by atoms with Gasteiger partial charge in [0.2, 0.25) is 0 Å². The van der Waals surface area contributed by atoms with Gasteiger partial charge in [-0.25, -0.2) is 9.98 Å². The van der Waals surface area contributed by atoms with Crippen molar-refractivity contribution in [1.29, 1.82) is 0 Å². The summed E-state index contributed by atoms with van der Waals surface area (Å²) in [4.78, 5) is 24.4. The van der Waals surface area contributed by atoms with Crippen LogP contribution in [0.3, 0.4) is 0 Å². The third-order valence-electron chi connectivity index (χ3n) is 3.81. The number of hydrogen-bond acceptors (Lipinski definition) is 5. The highest BCUT2D eigenvalue weighted by molar-refractivity contribution is 8.18. The van der Waals surface area contributed by atoms with Crippen LogP contribution >= 0.6 is 35.0 Å². The van der Waals surface area contributed by atoms with Crippen molar-refractivity contribution in [1.82, 2.24) is 15.3 Å². The number of nitrogens with one attached hydrogen (secondary N) is 2. The van der Waals surface area contributed by atoms with Gasteiger partial charge in [0, 0.05) is 0 Å². The average molecular weight is 419 g/mol. The van der Waals surface area contributed by atoms with Crippen molar-refractivity contribution in [3.63, 3.8) is 0 Å². The normalized spacial score (nSPS) is 17.2. The molecule has 3 N–H and O–H groups in total. The van der Waals surface area contributed by atoms with Crippen molar-refractivity contribution in [2.75, 3.05) is 0 Å². The fourth-order valence-corrected chi connectivity index (χ4v) is 3.88. The monoisotopic (exact) mass is 418 g/mol. The molecule has 2 heterocycles. The SMILES string of the molecule is O=C1N/C(=N/c2c(Cl)cccc2Cl)S/C1=C\c1ccc2[nH]c(CO)nc2c1. The van der Waals surface area contributed by atoms with Crippen LogP contribution in [0.4, 0.5) is 5.69 Å². The smallest absolute Gasteiger partial charge is 0.264 e. The lowest BCUT2D eigenvalue weighted by molar-refractivity contribution is -0.115. The van der Waals surface area contributed by atoms with E-state index in [-0.39, 0.29) is 12.5 Å². The third-order valence-corrected chi connectivity index (χ3v) is 5.33. The minimum absolute atomic E-state index is 0.159. The van der Waals surface area contributed by atoms with Crippen molar-refractivity contribution in [3.05, 3.63) is 62.7 Å². The molecule has 0 radical (unpaired) electrons. The maximum atomic E-state index is 12.3. The number of aliphatic imine (C=N–C) groups is 1. The van der Waals surface area contributed by atoms with Crippen molar-refractivity contribution < 1.29 is 9.90 Å². The van der Waals surface area contributed by atoms with Gasteiger partial charge in [0.05, 0.1) is 26.0 Å². The first-order chi connectivity index (χ1) is 13.0. The molecule has 9 heteroatoms. The molecule has 0 spiro atoms. The number of carbonyl (C=O) groups is 1. The Kier molecular flexibility index (Phi) is 4.92. The zero-order valence-corrected chi connectivity index (χ0v) is 16.0. The summed E-state index contributed by atoms with van der Waals surface area (Å²) >= 11 is 13.5. The van der Waals surface area contributed by atoms with Gasteiger partial charge in [0.25, 0.3) is 5.91 Å². The number of aliphatic hydroxyl groups excluding tert-OH is 1. The number of amidine groups is 1. The van der Waals surface area contributed by atoms with Gasteiger partial charge in [-0.15, -0.1) is 0 Å². The van der Waals surface area contributed by atoms with E-state index in [0.717, 1.165) is 11.1 Å². The predicted octanol–water partition coefficient (Wildman–Crippen LogP) is 4.25. The predicted molar refractivity (Wildman–Crippen MR) is 109 cm³/mol. The van der Waals surface area contributed by atoms with Crippen LogP contribution in [0.5, 0.6) is 0 Å². The third kappa shape index (κ3) is 3.72. The summed E-state index contributed by atoms with van der Waals surface area (Å²) in [6.45, 7) is -0.159. The van der Waals surface area contributed by atoms with Crippen LogP contribution in [0.25, 0.3) is 17.1 Å². The second kappa shape index (κ2) is 7.36. The molecule has 1 aromatic heterocycles. The highest BCUT2D eigenvalue weighted by Gasteiger charge is 2.24. The Morgan fingerprint density at radius 2 is 2.00 bits per heavy atom. The molecule has 1 amide bonds. The summed E-state index contributed by atoms with van der Waals surface area (Å²) in [6, 6.07) is 10.7. The highest BCUT2D eigenvalue weighted by Crippen LogP contribution is 2.35. The quantitative estimate of drug-likeness (QED) is 0.554. The number of benzene rings is 2. The van der Waals surface area contributed by atoms with Crippen LogP contribution in [0.1, 0.15) is 11.4 Å². The molecule has 0 aliphatic carbocycles. The summed E-state index contributed by atoms with van der Waals surface area (Å²) in [6.07, 6.45) is 1.75. The number of nitrogens with zero attached hydrogens (tertiary/aromatic N) is 2. The van der Waals surface area contributed by atoms with Gasteiger partial charge < -0.3 is 15.4 Å². The maximum absolute atomic E-state index is 12.3. The number of halogens is 2. The Labute approximate surface area is 168 Å². The van der Waals surface area contributed by atoms with E-state index in [9.17, 15) is 4.79 Å². The van der Waals surface area contributed by atoms with Gasteiger partial charge in [-0.3, -0.25) is 4.79 Å². The largest absolute Gasteiger partial charge is 0.388 e. The Morgan fingerprint density at radius 1 is 1.22 bits per heavy atom. The molecule has 4 rings (SSSR count). The molecule has 0 bridgehead atoms. The number of aromatic amines is 1. The standard InChI is InChI=1S/C18H12Cl2N4O2S/c19-10-2-1-3-11(20)16(10)23-18-24-17(26)14(27-18)7-9-4-5-12-13(6-9)22-15(8-25)21-12/h1-7,25H,8H2,(H,21,22)(H,23,24,26)/b14-7-. The van der Waals surface area contributed by atoms with Gasteiger partial charge in [0.15, 0.2) is 5.17 Å². The summed E-state index contributed by atoms with van der Waals surface area (Å²) in [7, 11) is 0. The molecule has 0 saturated carbocycles. The summed E-state index contributed by atoms with van der Waals surface area (Å²) in [5.74, 6) is 0.244. The second-order valence-corrected chi connectivity index (χ2v) is 7.52. The number of hydrogen-bond donors (Lipinski definition) is 3. The molecule has 6 nitrogen and oxygen atoms in total. The first-order valence-corrected chi connectivity index (χ1v) is 9.44. The molecule has 1 aliphatic heterocycles. The van der Waals surface area contributed by atoms with Crippen LogP contribution in [0.2, 0.25) is 10.0 Å². The molecule has 0 atom stereocenters. The minimum atomic E-state index is -0.250. The van der Waals surface area contributed by atoms with E-state index in [2.05, 4.69) is 20.3 Å². The van der Waals surface area contributed by atoms with Crippen LogP contribution in [0, 0.1) is 0 Å². The number of H-pyrrole nitrogens is 1. The molecule has 0 unspecified atom stereocenters. The Morgan fingerprint density at radius 3 is 2.74 bits per heavy atom. The fraction of sp³-hybridized carbons (Fsp3) is 0.0556. The number of aromatic nitrogens is 2. The minimum Gasteiger partial charge on any atom is -0.388 e. The van der Waals surface area contributed by atoms with Crippen molar-refractivity contribution in [2.24, 2.45) is 4.99 Å². The van der Waals surface area contributed by atoms with Crippen molar-refractivity contribution in [3.8, 4) is 0 Å². The lowest BCUT2D eigenvalue weighted by Gasteiger charge is -2.01. The lowest BCUT2D eigenvalue weighted by Crippen LogP contribution is -2.19. The molecule has 1 saturated heterocycles. The van der Waals surface area contributed by atoms with E-state index in [1.165, 1.54) is 11.8 Å². The first kappa shape index (κ1) is 18.1. The zero-order chi connectivity index (χ0) is 19.0. The van der Waals surface area contributed by atoms with Crippen LogP contribution in [-0.2, 0) is 11.4 Å². The summed E-state index contributed by atoms with van der Waals surface area (Å²) < 4.78 is 0. The van der Waals surface area contributed by atoms with Gasteiger partial charge in [-0.2, -0.15) is 0 Å². The van der Waals surface area contributed by atoms with E-state index in [4.69, 9.17) is 28.3 Å². The number of fused-ring (bicyclic) bond motifs is 1. The number of carbonyl (C=O) groups excluding carboxylic acids is 1. The molecule has 1 fully saturated rings. The maximum Gasteiger partial charge on any atom is 0.264 e. The number of rotatable bonds is 3. The topological polar surface area (TPSA) is 90.4 Å². The molecular weight excluding hydrogens is 407 g/mol.